The van der Waals surface area contributed by atoms with Crippen molar-refractivity contribution in [2.24, 2.45) is 4.36 Å². The zero-order valence-electron chi connectivity index (χ0n) is 12.0. The zero-order valence-corrected chi connectivity index (χ0v) is 12.8. The molecular formula is C17H17NO2S. The number of benzene rings is 2. The van der Waals surface area contributed by atoms with Crippen LogP contribution < -0.4 is 0 Å². The van der Waals surface area contributed by atoms with E-state index in [1.54, 1.807) is 13.2 Å². The smallest absolute Gasteiger partial charge is 0.277 e. The first-order valence-electron chi connectivity index (χ1n) is 6.53. The van der Waals surface area contributed by atoms with Crippen LogP contribution in [-0.2, 0) is 19.9 Å². The number of carbonyl (C=O) groups excluding carboxylic acids is 1. The Kier molecular flexibility index (Phi) is 5.60. The number of aryl methyl sites for hydroxylation is 1. The molecule has 0 aliphatic carbocycles. The van der Waals surface area contributed by atoms with Crippen molar-refractivity contribution in [3.05, 3.63) is 71.8 Å². The molecule has 2 aromatic carbocycles. The van der Waals surface area contributed by atoms with Crippen molar-refractivity contribution in [3.63, 3.8) is 0 Å². The van der Waals surface area contributed by atoms with Crippen molar-refractivity contribution in [2.75, 3.05) is 7.11 Å². The molecule has 0 spiro atoms. The van der Waals surface area contributed by atoms with Gasteiger partial charge in [-0.15, -0.1) is 0 Å². The number of rotatable bonds is 4. The average Bonchev–Trinajstić information content (AvgIpc) is 2.52. The molecule has 0 heterocycles. The molecule has 0 radical (unpaired) electrons. The second kappa shape index (κ2) is 7.67. The van der Waals surface area contributed by atoms with Crippen LogP contribution in [0.3, 0.4) is 0 Å². The third-order valence-electron chi connectivity index (χ3n) is 2.77. The van der Waals surface area contributed by atoms with Gasteiger partial charge in [-0.1, -0.05) is 48.0 Å². The summed E-state index contributed by atoms with van der Waals surface area (Å²) in [5.74, 6) is -0.301. The highest BCUT2D eigenvalue weighted by Gasteiger charge is 2.03. The molecule has 4 heteroatoms. The van der Waals surface area contributed by atoms with E-state index in [0.717, 1.165) is 16.0 Å². The first kappa shape index (κ1) is 15.4. The lowest BCUT2D eigenvalue weighted by molar-refractivity contribution is -0.113. The van der Waals surface area contributed by atoms with E-state index in [1.807, 2.05) is 61.5 Å². The third kappa shape index (κ3) is 4.77. The molecule has 0 saturated heterocycles. The Morgan fingerprint density at radius 3 is 2.38 bits per heavy atom. The van der Waals surface area contributed by atoms with Crippen molar-refractivity contribution < 1.29 is 8.98 Å². The van der Waals surface area contributed by atoms with E-state index < -0.39 is 11.0 Å². The average molecular weight is 299 g/mol. The largest absolute Gasteiger partial charge is 0.305 e. The summed E-state index contributed by atoms with van der Waals surface area (Å²) in [7, 11) is 0.689. The van der Waals surface area contributed by atoms with Crippen molar-refractivity contribution in [1.82, 2.24) is 0 Å². The van der Waals surface area contributed by atoms with Crippen LogP contribution in [0.15, 0.2) is 69.9 Å². The van der Waals surface area contributed by atoms with Gasteiger partial charge in [0, 0.05) is 11.0 Å². The van der Waals surface area contributed by atoms with Gasteiger partial charge in [0.05, 0.1) is 18.1 Å². The molecule has 108 valence electrons. The Hall–Kier alpha value is -2.04. The molecule has 0 saturated carbocycles. The quantitative estimate of drug-likeness (QED) is 0.802. The van der Waals surface area contributed by atoms with Crippen LogP contribution in [0.25, 0.3) is 6.08 Å². The van der Waals surface area contributed by atoms with E-state index in [1.165, 1.54) is 6.08 Å². The summed E-state index contributed by atoms with van der Waals surface area (Å²) in [5, 5.41) is 0. The molecule has 21 heavy (non-hydrogen) atoms. The fourth-order valence-corrected chi connectivity index (χ4v) is 2.65. The lowest BCUT2D eigenvalue weighted by Crippen LogP contribution is -1.98. The van der Waals surface area contributed by atoms with Gasteiger partial charge in [0.15, 0.2) is 0 Å². The van der Waals surface area contributed by atoms with Crippen LogP contribution in [0, 0.1) is 6.92 Å². The van der Waals surface area contributed by atoms with Gasteiger partial charge in [-0.2, -0.15) is 4.36 Å². The maximum atomic E-state index is 11.9. The summed E-state index contributed by atoms with van der Waals surface area (Å²) in [6.07, 6.45) is 3.21. The standard InChI is InChI=1S/C17H17NO2S/c1-14-8-11-16(12-9-14)21(20-2)18-17(19)13-10-15-6-4-3-5-7-15/h3-13H,1-2H3/b13-10+. The number of nitrogens with zero attached hydrogens (tertiary/aromatic N) is 1. The molecule has 2 rings (SSSR count). The topological polar surface area (TPSA) is 38.7 Å². The highest BCUT2D eigenvalue weighted by atomic mass is 32.2. The highest BCUT2D eigenvalue weighted by Crippen LogP contribution is 2.11. The van der Waals surface area contributed by atoms with Crippen molar-refractivity contribution in [2.45, 2.75) is 11.8 Å². The molecule has 0 aliphatic rings. The van der Waals surface area contributed by atoms with Crippen LogP contribution in [0.1, 0.15) is 11.1 Å². The van der Waals surface area contributed by atoms with Crippen LogP contribution >= 0.6 is 0 Å². The minimum Gasteiger partial charge on any atom is -0.305 e. The molecule has 1 unspecified atom stereocenters. The normalized spacial score (nSPS) is 12.7. The molecule has 0 aromatic heterocycles. The molecule has 2 aromatic rings. The Bertz CT molecular complexity index is 661. The van der Waals surface area contributed by atoms with Gasteiger partial charge in [-0.25, -0.2) is 0 Å². The summed E-state index contributed by atoms with van der Waals surface area (Å²) in [4.78, 5) is 12.8. The summed E-state index contributed by atoms with van der Waals surface area (Å²) in [6, 6.07) is 17.5. The van der Waals surface area contributed by atoms with E-state index in [9.17, 15) is 4.79 Å². The number of hydrogen-bond acceptors (Lipinski definition) is 2. The second-order valence-corrected chi connectivity index (χ2v) is 5.89. The Labute approximate surface area is 127 Å². The predicted molar refractivity (Wildman–Crippen MR) is 86.7 cm³/mol. The van der Waals surface area contributed by atoms with Gasteiger partial charge < -0.3 is 4.18 Å². The molecule has 0 bridgehead atoms. The first-order chi connectivity index (χ1) is 10.2. The van der Waals surface area contributed by atoms with E-state index in [4.69, 9.17) is 4.18 Å². The van der Waals surface area contributed by atoms with Gasteiger partial charge in [0.25, 0.3) is 5.91 Å². The van der Waals surface area contributed by atoms with E-state index >= 15 is 0 Å². The maximum Gasteiger partial charge on any atom is 0.277 e. The zero-order chi connectivity index (χ0) is 15.1. The minimum atomic E-state index is -0.867. The van der Waals surface area contributed by atoms with Crippen LogP contribution in [-0.4, -0.2) is 13.0 Å². The predicted octanol–water partition coefficient (Wildman–Crippen LogP) is 3.96. The molecule has 0 fully saturated rings. The minimum absolute atomic E-state index is 0.301. The fourth-order valence-electron chi connectivity index (χ4n) is 1.68. The summed E-state index contributed by atoms with van der Waals surface area (Å²) >= 11 is 0. The van der Waals surface area contributed by atoms with Gasteiger partial charge >= 0.3 is 0 Å². The number of hydrogen-bond donors (Lipinski definition) is 0. The van der Waals surface area contributed by atoms with Gasteiger partial charge in [-0.3, -0.25) is 4.79 Å². The Morgan fingerprint density at radius 1 is 1.10 bits per heavy atom. The molecule has 0 N–H and O–H groups in total. The lowest BCUT2D eigenvalue weighted by Gasteiger charge is -2.04. The summed E-state index contributed by atoms with van der Waals surface area (Å²) in [6.45, 7) is 2.01. The summed E-state index contributed by atoms with van der Waals surface area (Å²) in [5.41, 5.74) is 2.13. The van der Waals surface area contributed by atoms with E-state index in [0.29, 0.717) is 0 Å². The maximum absolute atomic E-state index is 11.9. The third-order valence-corrected chi connectivity index (χ3v) is 4.11. The molecular weight excluding hydrogens is 282 g/mol. The van der Waals surface area contributed by atoms with Crippen LogP contribution in [0.4, 0.5) is 0 Å². The number of carbonyl (C=O) groups is 1. The lowest BCUT2D eigenvalue weighted by atomic mass is 10.2. The SMILES string of the molecule is COS(=NC(=O)/C=C/c1ccccc1)c1ccc(C)cc1. The van der Waals surface area contributed by atoms with Crippen molar-refractivity contribution in [1.29, 1.82) is 0 Å². The van der Waals surface area contributed by atoms with Crippen molar-refractivity contribution >= 4 is 23.0 Å². The molecule has 3 nitrogen and oxygen atoms in total. The first-order valence-corrected chi connectivity index (χ1v) is 7.64. The fraction of sp³-hybridized carbons (Fsp3) is 0.118. The van der Waals surface area contributed by atoms with E-state index in [2.05, 4.69) is 4.36 Å². The molecule has 0 aliphatic heterocycles. The van der Waals surface area contributed by atoms with Crippen molar-refractivity contribution in [3.8, 4) is 0 Å². The van der Waals surface area contributed by atoms with E-state index in [-0.39, 0.29) is 5.91 Å². The number of amides is 1. The van der Waals surface area contributed by atoms with Gasteiger partial charge in [0.1, 0.15) is 0 Å². The second-order valence-electron chi connectivity index (χ2n) is 4.40. The highest BCUT2D eigenvalue weighted by molar-refractivity contribution is 7.83. The Balaban J connectivity index is 2.14. The van der Waals surface area contributed by atoms with Gasteiger partial charge in [0.2, 0.25) is 0 Å². The van der Waals surface area contributed by atoms with Crippen LogP contribution in [0.2, 0.25) is 0 Å². The van der Waals surface area contributed by atoms with Gasteiger partial charge in [-0.05, 0) is 30.7 Å². The van der Waals surface area contributed by atoms with Crippen LogP contribution in [0.5, 0.6) is 0 Å². The summed E-state index contributed by atoms with van der Waals surface area (Å²) < 4.78 is 9.40. The monoisotopic (exact) mass is 299 g/mol. The Morgan fingerprint density at radius 2 is 1.76 bits per heavy atom. The molecule has 1 amide bonds. The molecule has 1 atom stereocenters.